The zero-order valence-corrected chi connectivity index (χ0v) is 10.5. The Kier molecular flexibility index (Phi) is 8.07. The second-order valence-electron chi connectivity index (χ2n) is 2.71. The molecule has 0 saturated heterocycles. The van der Waals surface area contributed by atoms with Gasteiger partial charge in [0, 0.05) is 0 Å². The Balaban J connectivity index is 3.78. The van der Waals surface area contributed by atoms with E-state index in [9.17, 15) is 8.42 Å². The van der Waals surface area contributed by atoms with Crippen molar-refractivity contribution in [2.24, 2.45) is 5.73 Å². The fourth-order valence-corrected chi connectivity index (χ4v) is 2.70. The third-order valence-electron chi connectivity index (χ3n) is 1.53. The van der Waals surface area contributed by atoms with Gasteiger partial charge >= 0.3 is 0 Å². The van der Waals surface area contributed by atoms with Gasteiger partial charge in [-0.15, -0.1) is 0 Å². The molecule has 0 radical (unpaired) electrons. The van der Waals surface area contributed by atoms with E-state index >= 15 is 0 Å². The lowest BCUT2D eigenvalue weighted by Crippen LogP contribution is -2.34. The third kappa shape index (κ3) is 6.10. The van der Waals surface area contributed by atoms with Gasteiger partial charge in [0.2, 0.25) is 0 Å². The maximum absolute atomic E-state index is 11.1. The second kappa shape index (κ2) is 7.77. The van der Waals surface area contributed by atoms with Crippen LogP contribution in [0.25, 0.3) is 0 Å². The number of rotatable bonds is 8. The van der Waals surface area contributed by atoms with Crippen LogP contribution in [0.1, 0.15) is 19.8 Å². The van der Waals surface area contributed by atoms with Crippen LogP contribution in [0, 0.1) is 0 Å². The van der Waals surface area contributed by atoms with E-state index in [1.165, 1.54) is 0 Å². The quantitative estimate of drug-likeness (QED) is 0.255. The monoisotopic (exact) mass is 260 g/mol. The number of thiol groups is 1. The van der Waals surface area contributed by atoms with Crippen LogP contribution in [-0.2, 0) is 13.7 Å². The van der Waals surface area contributed by atoms with E-state index in [1.54, 1.807) is 0 Å². The molecule has 0 rings (SSSR count). The predicted octanol–water partition coefficient (Wildman–Crippen LogP) is 0.500. The molecule has 5 nitrogen and oxygen atoms in total. The highest BCUT2D eigenvalue weighted by Gasteiger charge is 2.21. The van der Waals surface area contributed by atoms with Gasteiger partial charge in [-0.05, 0) is 25.9 Å². The predicted molar refractivity (Wildman–Crippen MR) is 62.3 cm³/mol. The molecule has 0 aliphatic carbocycles. The lowest BCUT2D eigenvalue weighted by Gasteiger charge is -2.10. The van der Waals surface area contributed by atoms with Crippen LogP contribution in [0.3, 0.4) is 0 Å². The zero-order chi connectivity index (χ0) is 11.0. The standard InChI is InChI=1S/C6H16N2O3S3/c1-2-4-8-5-3-6(7)14(9,10)11-13-12/h6,8,12H,2-5,7H2,1H3. The van der Waals surface area contributed by atoms with Crippen molar-refractivity contribution in [1.82, 2.24) is 5.32 Å². The molecule has 0 spiro atoms. The van der Waals surface area contributed by atoms with Gasteiger partial charge in [-0.25, -0.2) is 0 Å². The van der Waals surface area contributed by atoms with E-state index < -0.39 is 15.5 Å². The van der Waals surface area contributed by atoms with E-state index in [0.717, 1.165) is 13.0 Å². The summed E-state index contributed by atoms with van der Waals surface area (Å²) in [7, 11) is -3.67. The average Bonchev–Trinajstić information content (AvgIpc) is 2.12. The molecule has 1 atom stereocenters. The van der Waals surface area contributed by atoms with Crippen LogP contribution in [-0.4, -0.2) is 26.9 Å². The van der Waals surface area contributed by atoms with Crippen LogP contribution >= 0.6 is 22.7 Å². The first kappa shape index (κ1) is 14.5. The van der Waals surface area contributed by atoms with Gasteiger partial charge < -0.3 is 11.1 Å². The summed E-state index contributed by atoms with van der Waals surface area (Å²) in [6.45, 7) is 3.45. The van der Waals surface area contributed by atoms with Crippen molar-refractivity contribution >= 4 is 32.9 Å². The molecule has 3 N–H and O–H groups in total. The van der Waals surface area contributed by atoms with Gasteiger partial charge in [-0.1, -0.05) is 18.6 Å². The van der Waals surface area contributed by atoms with Crippen LogP contribution in [0.2, 0.25) is 0 Å². The van der Waals surface area contributed by atoms with Crippen molar-refractivity contribution in [3.63, 3.8) is 0 Å². The van der Waals surface area contributed by atoms with E-state index in [-0.39, 0.29) is 0 Å². The highest BCUT2D eigenvalue weighted by Crippen LogP contribution is 2.15. The minimum atomic E-state index is -3.67. The summed E-state index contributed by atoms with van der Waals surface area (Å²) in [6.07, 6.45) is 1.33. The Labute approximate surface area is 94.3 Å². The van der Waals surface area contributed by atoms with Gasteiger partial charge in [0.15, 0.2) is 0 Å². The molecule has 86 valence electrons. The summed E-state index contributed by atoms with van der Waals surface area (Å²) in [5.74, 6) is 0. The highest BCUT2D eigenvalue weighted by atomic mass is 33.1. The van der Waals surface area contributed by atoms with Crippen LogP contribution < -0.4 is 11.1 Å². The van der Waals surface area contributed by atoms with Crippen molar-refractivity contribution in [1.29, 1.82) is 0 Å². The molecule has 8 heteroatoms. The first-order valence-corrected chi connectivity index (χ1v) is 7.51. The van der Waals surface area contributed by atoms with Crippen LogP contribution in [0.15, 0.2) is 0 Å². The zero-order valence-electron chi connectivity index (χ0n) is 7.97. The van der Waals surface area contributed by atoms with Crippen molar-refractivity contribution in [2.45, 2.75) is 25.1 Å². The third-order valence-corrected chi connectivity index (χ3v) is 4.06. The molecule has 0 aromatic heterocycles. The first-order chi connectivity index (χ1) is 6.54. The molecule has 0 bridgehead atoms. The Morgan fingerprint density at radius 2 is 2.21 bits per heavy atom. The number of nitrogens with two attached hydrogens (primary N) is 1. The molecule has 0 fully saturated rings. The Morgan fingerprint density at radius 1 is 1.57 bits per heavy atom. The molecule has 0 heterocycles. The minimum absolute atomic E-state index is 0.330. The fraction of sp³-hybridized carbons (Fsp3) is 1.00. The smallest absolute Gasteiger partial charge is 0.294 e. The number of nitrogens with one attached hydrogen (secondary N) is 1. The van der Waals surface area contributed by atoms with Crippen LogP contribution in [0.4, 0.5) is 0 Å². The number of hydrogen-bond donors (Lipinski definition) is 3. The average molecular weight is 260 g/mol. The fourth-order valence-electron chi connectivity index (χ4n) is 0.783. The molecule has 0 amide bonds. The highest BCUT2D eigenvalue weighted by molar-refractivity contribution is 8.67. The molecule has 0 saturated carbocycles. The van der Waals surface area contributed by atoms with Crippen molar-refractivity contribution in [2.75, 3.05) is 13.1 Å². The van der Waals surface area contributed by atoms with Gasteiger partial charge in [0.05, 0.1) is 11.1 Å². The second-order valence-corrected chi connectivity index (χ2v) is 5.44. The normalized spacial score (nSPS) is 14.2. The van der Waals surface area contributed by atoms with Crippen molar-refractivity contribution in [3.8, 4) is 0 Å². The first-order valence-electron chi connectivity index (χ1n) is 4.24. The molecule has 1 unspecified atom stereocenters. The SMILES string of the molecule is CCCNCCC(N)S(=O)(=O)OSS. The van der Waals surface area contributed by atoms with Gasteiger partial charge in [0.25, 0.3) is 10.1 Å². The molecular formula is C6H16N2O3S3. The molecule has 0 aliphatic heterocycles. The molecule has 14 heavy (non-hydrogen) atoms. The van der Waals surface area contributed by atoms with Gasteiger partial charge in [-0.3, -0.25) is 0 Å². The van der Waals surface area contributed by atoms with E-state index in [2.05, 4.69) is 20.6 Å². The van der Waals surface area contributed by atoms with Crippen molar-refractivity contribution < 1.29 is 12.0 Å². The van der Waals surface area contributed by atoms with Gasteiger partial charge in [0.1, 0.15) is 5.37 Å². The molecular weight excluding hydrogens is 244 g/mol. The Morgan fingerprint density at radius 3 is 2.71 bits per heavy atom. The maximum atomic E-state index is 11.1. The molecule has 0 aliphatic rings. The minimum Gasteiger partial charge on any atom is -0.317 e. The topological polar surface area (TPSA) is 81.4 Å². The summed E-state index contributed by atoms with van der Waals surface area (Å²) >= 11 is 4.06. The Bertz CT molecular complexity index is 232. The lowest BCUT2D eigenvalue weighted by atomic mass is 10.4. The molecule has 0 aromatic rings. The lowest BCUT2D eigenvalue weighted by molar-refractivity contribution is 0.494. The summed E-state index contributed by atoms with van der Waals surface area (Å²) in [4.78, 5) is 0. The summed E-state index contributed by atoms with van der Waals surface area (Å²) in [5.41, 5.74) is 5.42. The largest absolute Gasteiger partial charge is 0.317 e. The Hall–Kier alpha value is 0.530. The summed E-state index contributed by atoms with van der Waals surface area (Å²) in [5, 5.41) is 2.06. The maximum Gasteiger partial charge on any atom is 0.294 e. The molecule has 0 aromatic carbocycles. The summed E-state index contributed by atoms with van der Waals surface area (Å²) in [6, 6.07) is 0. The van der Waals surface area contributed by atoms with E-state index in [1.807, 2.05) is 6.92 Å². The van der Waals surface area contributed by atoms with Crippen LogP contribution in [0.5, 0.6) is 0 Å². The van der Waals surface area contributed by atoms with E-state index in [0.29, 0.717) is 24.0 Å². The van der Waals surface area contributed by atoms with Gasteiger partial charge in [-0.2, -0.15) is 12.0 Å². The van der Waals surface area contributed by atoms with Crippen molar-refractivity contribution in [3.05, 3.63) is 0 Å². The summed E-state index contributed by atoms with van der Waals surface area (Å²) < 4.78 is 26.6. The van der Waals surface area contributed by atoms with E-state index in [4.69, 9.17) is 5.73 Å². The number of hydrogen-bond acceptors (Lipinski definition) is 7.